The second kappa shape index (κ2) is 7.02. The van der Waals surface area contributed by atoms with E-state index in [-0.39, 0.29) is 5.69 Å². The van der Waals surface area contributed by atoms with Crippen LogP contribution < -0.4 is 0 Å². The molecule has 2 aromatic rings. The third kappa shape index (κ3) is 3.84. The lowest BCUT2D eigenvalue weighted by Gasteiger charge is -2.25. The fraction of sp³-hybridized carbons (Fsp3) is 0.462. The lowest BCUT2D eigenvalue weighted by atomic mass is 10.4. The van der Waals surface area contributed by atoms with Crippen LogP contribution in [0.4, 0.5) is 5.69 Å². The standard InChI is InChI=1S/C13H16N6O3S/c1-17-11(9-18-4-6-22-7-5-18)15-16-13(17)23-12-3-2-10(8-14-12)19(20)21/h2-3,8H,4-7,9H2,1H3. The summed E-state index contributed by atoms with van der Waals surface area (Å²) >= 11 is 1.33. The lowest BCUT2D eigenvalue weighted by molar-refractivity contribution is -0.385. The molecule has 9 nitrogen and oxygen atoms in total. The highest BCUT2D eigenvalue weighted by molar-refractivity contribution is 7.99. The van der Waals surface area contributed by atoms with Crippen molar-refractivity contribution in [2.24, 2.45) is 7.05 Å². The van der Waals surface area contributed by atoms with Gasteiger partial charge in [-0.15, -0.1) is 10.2 Å². The largest absolute Gasteiger partial charge is 0.379 e. The molecule has 23 heavy (non-hydrogen) atoms. The van der Waals surface area contributed by atoms with Crippen molar-refractivity contribution in [1.29, 1.82) is 0 Å². The Kier molecular flexibility index (Phi) is 4.84. The van der Waals surface area contributed by atoms with E-state index in [9.17, 15) is 10.1 Å². The number of ether oxygens (including phenoxy) is 1. The molecule has 3 rings (SSSR count). The molecule has 10 heteroatoms. The Bertz CT molecular complexity index is 684. The van der Waals surface area contributed by atoms with Gasteiger partial charge in [-0.25, -0.2) is 4.98 Å². The molecular weight excluding hydrogens is 320 g/mol. The Morgan fingerprint density at radius 1 is 1.35 bits per heavy atom. The van der Waals surface area contributed by atoms with Gasteiger partial charge in [0.15, 0.2) is 5.16 Å². The minimum absolute atomic E-state index is 0.0275. The van der Waals surface area contributed by atoms with Crippen LogP contribution in [0.3, 0.4) is 0 Å². The van der Waals surface area contributed by atoms with Crippen LogP contribution >= 0.6 is 11.8 Å². The Hall–Kier alpha value is -2.04. The van der Waals surface area contributed by atoms with Crippen LogP contribution in [0.5, 0.6) is 0 Å². The van der Waals surface area contributed by atoms with Gasteiger partial charge >= 0.3 is 0 Å². The van der Waals surface area contributed by atoms with Gasteiger partial charge in [0.2, 0.25) is 0 Å². The Morgan fingerprint density at radius 2 is 2.13 bits per heavy atom. The molecule has 122 valence electrons. The van der Waals surface area contributed by atoms with E-state index in [1.165, 1.54) is 24.0 Å². The number of hydrogen-bond acceptors (Lipinski definition) is 8. The van der Waals surface area contributed by atoms with Crippen molar-refractivity contribution in [3.8, 4) is 0 Å². The van der Waals surface area contributed by atoms with E-state index in [4.69, 9.17) is 4.74 Å². The van der Waals surface area contributed by atoms with E-state index in [0.717, 1.165) is 38.7 Å². The first-order chi connectivity index (χ1) is 11.1. The minimum atomic E-state index is -0.468. The van der Waals surface area contributed by atoms with Crippen LogP contribution in [-0.2, 0) is 18.3 Å². The highest BCUT2D eigenvalue weighted by Crippen LogP contribution is 2.25. The van der Waals surface area contributed by atoms with Crippen LogP contribution in [0.25, 0.3) is 0 Å². The number of nitrogens with zero attached hydrogens (tertiary/aromatic N) is 6. The summed E-state index contributed by atoms with van der Waals surface area (Å²) in [5.41, 5.74) is -0.0275. The first kappa shape index (κ1) is 15.8. The van der Waals surface area contributed by atoms with Crippen LogP contribution in [-0.4, -0.2) is 55.9 Å². The van der Waals surface area contributed by atoms with Gasteiger partial charge in [0, 0.05) is 26.2 Å². The zero-order valence-corrected chi connectivity index (χ0v) is 13.4. The topological polar surface area (TPSA) is 99.2 Å². The average Bonchev–Trinajstić information content (AvgIpc) is 2.90. The Labute approximate surface area is 136 Å². The smallest absolute Gasteiger partial charge is 0.287 e. The molecule has 0 bridgehead atoms. The number of morpholine rings is 1. The van der Waals surface area contributed by atoms with E-state index in [1.54, 1.807) is 6.07 Å². The minimum Gasteiger partial charge on any atom is -0.379 e. The van der Waals surface area contributed by atoms with Gasteiger partial charge in [-0.2, -0.15) is 0 Å². The van der Waals surface area contributed by atoms with Crippen molar-refractivity contribution in [2.45, 2.75) is 16.7 Å². The van der Waals surface area contributed by atoms with E-state index in [1.807, 2.05) is 11.6 Å². The third-order valence-electron chi connectivity index (χ3n) is 3.52. The maximum absolute atomic E-state index is 10.6. The fourth-order valence-electron chi connectivity index (χ4n) is 2.17. The van der Waals surface area contributed by atoms with Gasteiger partial charge in [-0.3, -0.25) is 15.0 Å². The summed E-state index contributed by atoms with van der Waals surface area (Å²) in [5.74, 6) is 0.872. The predicted octanol–water partition coefficient (Wildman–Crippen LogP) is 1.10. The summed E-state index contributed by atoms with van der Waals surface area (Å²) in [7, 11) is 1.91. The molecule has 1 saturated heterocycles. The third-order valence-corrected chi connectivity index (χ3v) is 4.51. The van der Waals surface area contributed by atoms with Gasteiger partial charge in [-0.05, 0) is 17.8 Å². The van der Waals surface area contributed by atoms with Crippen molar-refractivity contribution < 1.29 is 9.66 Å². The summed E-state index contributed by atoms with van der Waals surface area (Å²) in [4.78, 5) is 16.5. The molecule has 0 aliphatic carbocycles. The maximum Gasteiger partial charge on any atom is 0.287 e. The summed E-state index contributed by atoms with van der Waals surface area (Å²) in [6.07, 6.45) is 1.24. The lowest BCUT2D eigenvalue weighted by Crippen LogP contribution is -2.36. The number of nitro groups is 1. The van der Waals surface area contributed by atoms with Gasteiger partial charge in [0.25, 0.3) is 5.69 Å². The molecule has 1 fully saturated rings. The molecule has 3 heterocycles. The number of aromatic nitrogens is 4. The predicted molar refractivity (Wildman–Crippen MR) is 82.1 cm³/mol. The van der Waals surface area contributed by atoms with Crippen molar-refractivity contribution in [3.63, 3.8) is 0 Å². The molecule has 1 aliphatic heterocycles. The van der Waals surface area contributed by atoms with E-state index in [0.29, 0.717) is 10.2 Å². The molecule has 0 aromatic carbocycles. The quantitative estimate of drug-likeness (QED) is 0.591. The van der Waals surface area contributed by atoms with Crippen molar-refractivity contribution >= 4 is 17.4 Å². The van der Waals surface area contributed by atoms with Crippen molar-refractivity contribution in [2.75, 3.05) is 26.3 Å². The molecule has 0 saturated carbocycles. The van der Waals surface area contributed by atoms with Crippen LogP contribution in [0, 0.1) is 10.1 Å². The molecule has 0 atom stereocenters. The van der Waals surface area contributed by atoms with Gasteiger partial charge < -0.3 is 9.30 Å². The number of hydrogen-bond donors (Lipinski definition) is 0. The van der Waals surface area contributed by atoms with Crippen LogP contribution in [0.15, 0.2) is 28.5 Å². The first-order valence-electron chi connectivity index (χ1n) is 7.10. The molecule has 0 radical (unpaired) electrons. The van der Waals surface area contributed by atoms with Crippen LogP contribution in [0.1, 0.15) is 5.82 Å². The highest BCUT2D eigenvalue weighted by atomic mass is 32.2. The van der Waals surface area contributed by atoms with Gasteiger partial charge in [-0.1, -0.05) is 0 Å². The van der Waals surface area contributed by atoms with E-state index < -0.39 is 4.92 Å². The molecule has 0 unspecified atom stereocenters. The summed E-state index contributed by atoms with van der Waals surface area (Å²) < 4.78 is 7.25. The first-order valence-corrected chi connectivity index (χ1v) is 7.92. The number of pyridine rings is 1. The summed E-state index contributed by atoms with van der Waals surface area (Å²) in [6, 6.07) is 3.04. The summed E-state index contributed by atoms with van der Waals surface area (Å²) in [5, 5.41) is 20.4. The Morgan fingerprint density at radius 3 is 2.78 bits per heavy atom. The van der Waals surface area contributed by atoms with E-state index >= 15 is 0 Å². The second-order valence-corrected chi connectivity index (χ2v) is 6.05. The Balaban J connectivity index is 1.67. The molecule has 1 aliphatic rings. The van der Waals surface area contributed by atoms with Crippen molar-refractivity contribution in [1.82, 2.24) is 24.6 Å². The summed E-state index contributed by atoms with van der Waals surface area (Å²) in [6.45, 7) is 3.98. The average molecular weight is 336 g/mol. The van der Waals surface area contributed by atoms with Gasteiger partial charge in [0.05, 0.1) is 24.7 Å². The molecule has 0 spiro atoms. The van der Waals surface area contributed by atoms with Crippen LogP contribution in [0.2, 0.25) is 0 Å². The molecule has 2 aromatic heterocycles. The number of rotatable bonds is 5. The normalized spacial score (nSPS) is 15.7. The van der Waals surface area contributed by atoms with Gasteiger partial charge in [0.1, 0.15) is 17.0 Å². The fourth-order valence-corrected chi connectivity index (χ4v) is 2.92. The van der Waals surface area contributed by atoms with E-state index in [2.05, 4.69) is 20.1 Å². The highest BCUT2D eigenvalue weighted by Gasteiger charge is 2.16. The SMILES string of the molecule is Cn1c(CN2CCOCC2)nnc1Sc1ccc([N+](=O)[O-])cn1. The molecule has 0 N–H and O–H groups in total. The molecule has 0 amide bonds. The zero-order chi connectivity index (χ0) is 16.2. The maximum atomic E-state index is 10.6. The zero-order valence-electron chi connectivity index (χ0n) is 12.6. The van der Waals surface area contributed by atoms with Crippen molar-refractivity contribution in [3.05, 3.63) is 34.3 Å². The molecular formula is C13H16N6O3S. The second-order valence-electron chi connectivity index (χ2n) is 5.06. The monoisotopic (exact) mass is 336 g/mol.